The van der Waals surface area contributed by atoms with E-state index in [-0.39, 0.29) is 17.4 Å². The van der Waals surface area contributed by atoms with Crippen molar-refractivity contribution in [3.05, 3.63) is 29.8 Å². The standard InChI is InChI=1S/C26H38N2O3/c1-19(2)18-27-24(29)16-21-17-26(31-23-10-6-5-9-22(21)23)11-13-28(14-12-26)25(30)15-20-7-3-4-8-20/h5-6,9-10,19-21H,3-4,7-8,11-18H2,1-2H3,(H,27,29). The zero-order chi connectivity index (χ0) is 21.8. The summed E-state index contributed by atoms with van der Waals surface area (Å²) in [6, 6.07) is 8.17. The van der Waals surface area contributed by atoms with Crippen LogP contribution in [0.4, 0.5) is 0 Å². The fraction of sp³-hybridized carbons (Fsp3) is 0.692. The summed E-state index contributed by atoms with van der Waals surface area (Å²) in [5.74, 6) is 2.56. The number of amides is 2. The van der Waals surface area contributed by atoms with E-state index in [1.54, 1.807) is 0 Å². The molecule has 1 aliphatic carbocycles. The quantitative estimate of drug-likeness (QED) is 0.720. The minimum absolute atomic E-state index is 0.120. The number of hydrogen-bond donors (Lipinski definition) is 1. The van der Waals surface area contributed by atoms with Gasteiger partial charge in [0.15, 0.2) is 0 Å². The third kappa shape index (κ3) is 5.42. The van der Waals surface area contributed by atoms with Crippen LogP contribution in [0.5, 0.6) is 5.75 Å². The van der Waals surface area contributed by atoms with E-state index in [9.17, 15) is 9.59 Å². The predicted octanol–water partition coefficient (Wildman–Crippen LogP) is 4.66. The molecule has 1 saturated heterocycles. The van der Waals surface area contributed by atoms with Crippen molar-refractivity contribution in [1.82, 2.24) is 10.2 Å². The Bertz CT molecular complexity index is 777. The number of nitrogens with zero attached hydrogens (tertiary/aromatic N) is 1. The van der Waals surface area contributed by atoms with Gasteiger partial charge < -0.3 is 15.0 Å². The van der Waals surface area contributed by atoms with Crippen molar-refractivity contribution in [3.8, 4) is 5.75 Å². The van der Waals surface area contributed by atoms with E-state index < -0.39 is 0 Å². The fourth-order valence-electron chi connectivity index (χ4n) is 5.60. The molecule has 4 rings (SSSR count). The number of fused-ring (bicyclic) bond motifs is 1. The Morgan fingerprint density at radius 3 is 2.55 bits per heavy atom. The van der Waals surface area contributed by atoms with Gasteiger partial charge in [-0.2, -0.15) is 0 Å². The third-order valence-electron chi connectivity index (χ3n) is 7.41. The summed E-state index contributed by atoms with van der Waals surface area (Å²) >= 11 is 0. The van der Waals surface area contributed by atoms with Gasteiger partial charge >= 0.3 is 0 Å². The van der Waals surface area contributed by atoms with Crippen LogP contribution in [0.3, 0.4) is 0 Å². The highest BCUT2D eigenvalue weighted by atomic mass is 16.5. The largest absolute Gasteiger partial charge is 0.487 e. The van der Waals surface area contributed by atoms with E-state index in [4.69, 9.17) is 4.74 Å². The number of carbonyl (C=O) groups excluding carboxylic acids is 2. The van der Waals surface area contributed by atoms with Crippen LogP contribution in [0.1, 0.15) is 83.1 Å². The normalized spacial score (nSPS) is 22.9. The van der Waals surface area contributed by atoms with Crippen molar-refractivity contribution < 1.29 is 14.3 Å². The Morgan fingerprint density at radius 1 is 1.13 bits per heavy atom. The lowest BCUT2D eigenvalue weighted by Crippen LogP contribution is -2.52. The monoisotopic (exact) mass is 426 g/mol. The third-order valence-corrected chi connectivity index (χ3v) is 7.41. The molecule has 3 aliphatic rings. The number of rotatable bonds is 6. The number of benzene rings is 1. The molecule has 31 heavy (non-hydrogen) atoms. The van der Waals surface area contributed by atoms with Crippen LogP contribution in [-0.2, 0) is 9.59 Å². The summed E-state index contributed by atoms with van der Waals surface area (Å²) in [4.78, 5) is 27.4. The number of hydrogen-bond acceptors (Lipinski definition) is 3. The number of carbonyl (C=O) groups is 2. The van der Waals surface area contributed by atoms with Crippen molar-refractivity contribution in [1.29, 1.82) is 0 Å². The van der Waals surface area contributed by atoms with E-state index in [1.165, 1.54) is 25.7 Å². The lowest BCUT2D eigenvalue weighted by Gasteiger charge is -2.47. The number of piperidine rings is 1. The number of ether oxygens (including phenoxy) is 1. The fourth-order valence-corrected chi connectivity index (χ4v) is 5.60. The molecular weight excluding hydrogens is 388 g/mol. The van der Waals surface area contributed by atoms with Crippen LogP contribution in [-0.4, -0.2) is 41.9 Å². The Hall–Kier alpha value is -2.04. The summed E-state index contributed by atoms with van der Waals surface area (Å²) in [5, 5.41) is 3.08. The zero-order valence-corrected chi connectivity index (χ0v) is 19.2. The molecule has 0 bridgehead atoms. The van der Waals surface area contributed by atoms with E-state index in [0.29, 0.717) is 30.7 Å². The molecule has 5 heteroatoms. The lowest BCUT2D eigenvalue weighted by atomic mass is 9.76. The average Bonchev–Trinajstić information content (AvgIpc) is 3.26. The summed E-state index contributed by atoms with van der Waals surface area (Å²) < 4.78 is 6.56. The molecule has 1 spiro atoms. The second-order valence-corrected chi connectivity index (χ2v) is 10.4. The number of nitrogens with one attached hydrogen (secondary N) is 1. The van der Waals surface area contributed by atoms with E-state index in [2.05, 4.69) is 30.1 Å². The predicted molar refractivity (Wildman–Crippen MR) is 122 cm³/mol. The number of para-hydroxylation sites is 1. The molecule has 1 saturated carbocycles. The first-order valence-electron chi connectivity index (χ1n) is 12.3. The summed E-state index contributed by atoms with van der Waals surface area (Å²) in [6.07, 6.45) is 8.75. The molecular formula is C26H38N2O3. The van der Waals surface area contributed by atoms with Gasteiger partial charge in [-0.3, -0.25) is 9.59 Å². The summed E-state index contributed by atoms with van der Waals surface area (Å²) in [7, 11) is 0. The van der Waals surface area contributed by atoms with Crippen LogP contribution in [0.15, 0.2) is 24.3 Å². The second-order valence-electron chi connectivity index (χ2n) is 10.4. The van der Waals surface area contributed by atoms with Gasteiger partial charge in [-0.25, -0.2) is 0 Å². The first-order valence-corrected chi connectivity index (χ1v) is 12.3. The van der Waals surface area contributed by atoms with Gasteiger partial charge in [0.1, 0.15) is 11.4 Å². The topological polar surface area (TPSA) is 58.6 Å². The molecule has 170 valence electrons. The van der Waals surface area contributed by atoms with Crippen LogP contribution in [0.25, 0.3) is 0 Å². The van der Waals surface area contributed by atoms with Crippen molar-refractivity contribution in [2.45, 2.75) is 83.2 Å². The maximum absolute atomic E-state index is 12.8. The minimum Gasteiger partial charge on any atom is -0.487 e. The molecule has 1 aromatic rings. The van der Waals surface area contributed by atoms with E-state index >= 15 is 0 Å². The Kier molecular flexibility index (Phi) is 6.88. The van der Waals surface area contributed by atoms with Gasteiger partial charge in [-0.15, -0.1) is 0 Å². The maximum Gasteiger partial charge on any atom is 0.222 e. The first-order chi connectivity index (χ1) is 14.9. The van der Waals surface area contributed by atoms with Crippen LogP contribution < -0.4 is 10.1 Å². The SMILES string of the molecule is CC(C)CNC(=O)CC1CC2(CCN(C(=O)CC3CCCC3)CC2)Oc2ccccc21. The molecule has 1 N–H and O–H groups in total. The van der Waals surface area contributed by atoms with Gasteiger partial charge in [0, 0.05) is 51.2 Å². The molecule has 0 radical (unpaired) electrons. The molecule has 2 fully saturated rings. The van der Waals surface area contributed by atoms with Crippen molar-refractivity contribution in [2.75, 3.05) is 19.6 Å². The van der Waals surface area contributed by atoms with Gasteiger partial charge in [-0.05, 0) is 42.7 Å². The van der Waals surface area contributed by atoms with Crippen LogP contribution in [0, 0.1) is 11.8 Å². The summed E-state index contributed by atoms with van der Waals surface area (Å²) in [5.41, 5.74) is 0.883. The highest BCUT2D eigenvalue weighted by molar-refractivity contribution is 5.77. The maximum atomic E-state index is 12.8. The summed E-state index contributed by atoms with van der Waals surface area (Å²) in [6.45, 7) is 6.47. The highest BCUT2D eigenvalue weighted by Gasteiger charge is 2.44. The van der Waals surface area contributed by atoms with Crippen molar-refractivity contribution >= 4 is 11.8 Å². The van der Waals surface area contributed by atoms with Gasteiger partial charge in [-0.1, -0.05) is 44.9 Å². The molecule has 1 unspecified atom stereocenters. The Labute approximate surface area is 186 Å². The van der Waals surface area contributed by atoms with Gasteiger partial charge in [0.05, 0.1) is 0 Å². The van der Waals surface area contributed by atoms with Gasteiger partial charge in [0.25, 0.3) is 0 Å². The molecule has 1 atom stereocenters. The molecule has 2 aliphatic heterocycles. The zero-order valence-electron chi connectivity index (χ0n) is 19.2. The Balaban J connectivity index is 1.40. The van der Waals surface area contributed by atoms with Gasteiger partial charge in [0.2, 0.25) is 11.8 Å². The second kappa shape index (κ2) is 9.62. The lowest BCUT2D eigenvalue weighted by molar-refractivity contribution is -0.136. The minimum atomic E-state index is -0.262. The van der Waals surface area contributed by atoms with Crippen LogP contribution in [0.2, 0.25) is 0 Å². The Morgan fingerprint density at radius 2 is 1.84 bits per heavy atom. The smallest absolute Gasteiger partial charge is 0.222 e. The van der Waals surface area contributed by atoms with E-state index in [1.807, 2.05) is 18.2 Å². The average molecular weight is 427 g/mol. The first kappa shape index (κ1) is 22.2. The van der Waals surface area contributed by atoms with Crippen LogP contribution >= 0.6 is 0 Å². The molecule has 5 nitrogen and oxygen atoms in total. The molecule has 1 aromatic carbocycles. The van der Waals surface area contributed by atoms with Crippen molar-refractivity contribution in [3.63, 3.8) is 0 Å². The van der Waals surface area contributed by atoms with Crippen molar-refractivity contribution in [2.24, 2.45) is 11.8 Å². The number of likely N-dealkylation sites (tertiary alicyclic amines) is 1. The van der Waals surface area contributed by atoms with E-state index in [0.717, 1.165) is 50.1 Å². The molecule has 2 heterocycles. The highest BCUT2D eigenvalue weighted by Crippen LogP contribution is 2.46. The molecule has 0 aromatic heterocycles. The molecule has 2 amide bonds.